The van der Waals surface area contributed by atoms with Gasteiger partial charge in [-0.25, -0.2) is 0 Å². The topological polar surface area (TPSA) is 37.3 Å². The van der Waals surface area contributed by atoms with Gasteiger partial charge in [0.05, 0.1) is 0 Å². The van der Waals surface area contributed by atoms with E-state index < -0.39 is 7.14 Å². The SMILES string of the molecule is O=P(CO)(c1ccccc1)c1ccccc1. The number of aliphatic hydroxyl groups excluding tert-OH is 1. The molecule has 2 rings (SSSR count). The molecule has 2 aromatic rings. The molecule has 0 spiro atoms. The molecule has 0 saturated carbocycles. The molecule has 0 aliphatic heterocycles. The van der Waals surface area contributed by atoms with Crippen LogP contribution in [0, 0.1) is 0 Å². The Morgan fingerprint density at radius 1 is 0.812 bits per heavy atom. The molecule has 2 nitrogen and oxygen atoms in total. The summed E-state index contributed by atoms with van der Waals surface area (Å²) in [6.07, 6.45) is -0.332. The molecule has 0 bridgehead atoms. The Kier molecular flexibility index (Phi) is 3.23. The second-order valence-electron chi connectivity index (χ2n) is 3.55. The van der Waals surface area contributed by atoms with Gasteiger partial charge in [-0.3, -0.25) is 0 Å². The largest absolute Gasteiger partial charge is 0.388 e. The van der Waals surface area contributed by atoms with Crippen LogP contribution in [0.1, 0.15) is 0 Å². The minimum Gasteiger partial charge on any atom is -0.388 e. The first-order valence-electron chi connectivity index (χ1n) is 5.08. The van der Waals surface area contributed by atoms with Gasteiger partial charge in [0.1, 0.15) is 6.35 Å². The van der Waals surface area contributed by atoms with Crippen LogP contribution in [0.3, 0.4) is 0 Å². The predicted octanol–water partition coefficient (Wildman–Crippen LogP) is 1.95. The van der Waals surface area contributed by atoms with Gasteiger partial charge in [-0.15, -0.1) is 0 Å². The zero-order valence-electron chi connectivity index (χ0n) is 8.78. The molecule has 2 aromatic carbocycles. The molecule has 0 fully saturated rings. The van der Waals surface area contributed by atoms with Crippen LogP contribution in [0.4, 0.5) is 0 Å². The molecule has 0 radical (unpaired) electrons. The number of hydrogen-bond donors (Lipinski definition) is 1. The molecule has 0 aliphatic carbocycles. The first-order valence-corrected chi connectivity index (χ1v) is 6.98. The van der Waals surface area contributed by atoms with E-state index in [1.54, 1.807) is 24.3 Å². The van der Waals surface area contributed by atoms with Crippen LogP contribution in [-0.2, 0) is 4.57 Å². The molecular formula is C13H13O2P. The van der Waals surface area contributed by atoms with Gasteiger partial charge in [0.2, 0.25) is 0 Å². The average Bonchev–Trinajstić information content (AvgIpc) is 2.40. The predicted molar refractivity (Wildman–Crippen MR) is 66.8 cm³/mol. The summed E-state index contributed by atoms with van der Waals surface area (Å²) in [6.45, 7) is 0. The van der Waals surface area contributed by atoms with Crippen molar-refractivity contribution >= 4 is 17.8 Å². The lowest BCUT2D eigenvalue weighted by Crippen LogP contribution is -2.18. The van der Waals surface area contributed by atoms with E-state index in [0.29, 0.717) is 10.6 Å². The first kappa shape index (κ1) is 11.1. The molecule has 0 amide bonds. The minimum atomic E-state index is -2.85. The second-order valence-corrected chi connectivity index (χ2v) is 6.35. The lowest BCUT2D eigenvalue weighted by atomic mass is 10.4. The van der Waals surface area contributed by atoms with Gasteiger partial charge in [0.25, 0.3) is 0 Å². The van der Waals surface area contributed by atoms with Gasteiger partial charge in [-0.2, -0.15) is 0 Å². The van der Waals surface area contributed by atoms with Gasteiger partial charge in [-0.1, -0.05) is 60.7 Å². The Labute approximate surface area is 94.9 Å². The van der Waals surface area contributed by atoms with Crippen LogP contribution >= 0.6 is 7.14 Å². The third-order valence-electron chi connectivity index (χ3n) is 2.55. The molecule has 3 heteroatoms. The van der Waals surface area contributed by atoms with E-state index in [4.69, 9.17) is 0 Å². The Bertz CT molecular complexity index is 450. The van der Waals surface area contributed by atoms with Crippen molar-refractivity contribution in [1.82, 2.24) is 0 Å². The molecule has 0 heterocycles. The fourth-order valence-corrected chi connectivity index (χ4v) is 3.58. The van der Waals surface area contributed by atoms with Crippen molar-refractivity contribution in [3.05, 3.63) is 60.7 Å². The highest BCUT2D eigenvalue weighted by atomic mass is 31.2. The highest BCUT2D eigenvalue weighted by Crippen LogP contribution is 2.41. The van der Waals surface area contributed by atoms with Crippen LogP contribution in [0.2, 0.25) is 0 Å². The van der Waals surface area contributed by atoms with Crippen molar-refractivity contribution in [1.29, 1.82) is 0 Å². The third kappa shape index (κ3) is 1.95. The van der Waals surface area contributed by atoms with Gasteiger partial charge in [0, 0.05) is 10.6 Å². The van der Waals surface area contributed by atoms with Gasteiger partial charge >= 0.3 is 0 Å². The minimum absolute atomic E-state index is 0.332. The smallest absolute Gasteiger partial charge is 0.167 e. The Morgan fingerprint density at radius 3 is 1.50 bits per heavy atom. The van der Waals surface area contributed by atoms with E-state index in [0.717, 1.165) is 0 Å². The number of rotatable bonds is 3. The molecule has 0 unspecified atom stereocenters. The Balaban J connectivity index is 2.54. The second kappa shape index (κ2) is 4.65. The highest BCUT2D eigenvalue weighted by Gasteiger charge is 2.25. The molecule has 0 saturated heterocycles. The van der Waals surface area contributed by atoms with E-state index in [1.165, 1.54) is 0 Å². The highest BCUT2D eigenvalue weighted by molar-refractivity contribution is 7.78. The number of hydrogen-bond acceptors (Lipinski definition) is 2. The maximum absolute atomic E-state index is 12.7. The van der Waals surface area contributed by atoms with Crippen molar-refractivity contribution in [3.8, 4) is 0 Å². The van der Waals surface area contributed by atoms with Crippen molar-refractivity contribution in [2.45, 2.75) is 0 Å². The quantitative estimate of drug-likeness (QED) is 0.821. The fourth-order valence-electron chi connectivity index (χ4n) is 1.65. The van der Waals surface area contributed by atoms with Gasteiger partial charge < -0.3 is 9.67 Å². The summed E-state index contributed by atoms with van der Waals surface area (Å²) < 4.78 is 12.7. The van der Waals surface area contributed by atoms with E-state index >= 15 is 0 Å². The molecular weight excluding hydrogens is 219 g/mol. The summed E-state index contributed by atoms with van der Waals surface area (Å²) in [6, 6.07) is 18.3. The monoisotopic (exact) mass is 232 g/mol. The standard InChI is InChI=1S/C13H13O2P/c14-11-16(15,12-7-3-1-4-8-12)13-9-5-2-6-10-13/h1-10,14H,11H2. The molecule has 1 N–H and O–H groups in total. The van der Waals surface area contributed by atoms with Crippen molar-refractivity contribution in [2.75, 3.05) is 6.35 Å². The van der Waals surface area contributed by atoms with Crippen LogP contribution in [-0.4, -0.2) is 11.5 Å². The Hall–Kier alpha value is -1.37. The lowest BCUT2D eigenvalue weighted by molar-refractivity contribution is 0.362. The summed E-state index contributed by atoms with van der Waals surface area (Å²) in [5.41, 5.74) is 0. The summed E-state index contributed by atoms with van der Waals surface area (Å²) >= 11 is 0. The summed E-state index contributed by atoms with van der Waals surface area (Å²) in [5.74, 6) is 0. The van der Waals surface area contributed by atoms with E-state index in [-0.39, 0.29) is 6.35 Å². The van der Waals surface area contributed by atoms with E-state index in [9.17, 15) is 9.67 Å². The molecule has 0 atom stereocenters. The lowest BCUT2D eigenvalue weighted by Gasteiger charge is -2.16. The van der Waals surface area contributed by atoms with E-state index in [2.05, 4.69) is 0 Å². The molecule has 82 valence electrons. The third-order valence-corrected chi connectivity index (χ3v) is 5.21. The zero-order chi connectivity index (χ0) is 11.4. The van der Waals surface area contributed by atoms with Gasteiger partial charge in [-0.05, 0) is 0 Å². The van der Waals surface area contributed by atoms with Gasteiger partial charge in [0.15, 0.2) is 7.14 Å². The maximum Gasteiger partial charge on any atom is 0.167 e. The normalized spacial score (nSPS) is 11.3. The zero-order valence-corrected chi connectivity index (χ0v) is 9.68. The van der Waals surface area contributed by atoms with Crippen molar-refractivity contribution in [3.63, 3.8) is 0 Å². The average molecular weight is 232 g/mol. The fraction of sp³-hybridized carbons (Fsp3) is 0.0769. The van der Waals surface area contributed by atoms with Crippen LogP contribution in [0.25, 0.3) is 0 Å². The molecule has 0 aromatic heterocycles. The van der Waals surface area contributed by atoms with Crippen molar-refractivity contribution < 1.29 is 9.67 Å². The molecule has 0 aliphatic rings. The van der Waals surface area contributed by atoms with Crippen LogP contribution in [0.5, 0.6) is 0 Å². The van der Waals surface area contributed by atoms with Crippen molar-refractivity contribution in [2.24, 2.45) is 0 Å². The maximum atomic E-state index is 12.7. The number of benzene rings is 2. The Morgan fingerprint density at radius 2 is 1.19 bits per heavy atom. The first-order chi connectivity index (χ1) is 7.77. The summed E-state index contributed by atoms with van der Waals surface area (Å²) in [7, 11) is -2.85. The summed E-state index contributed by atoms with van der Waals surface area (Å²) in [5, 5.41) is 10.8. The summed E-state index contributed by atoms with van der Waals surface area (Å²) in [4.78, 5) is 0. The van der Waals surface area contributed by atoms with Crippen LogP contribution < -0.4 is 10.6 Å². The number of aliphatic hydroxyl groups is 1. The molecule has 16 heavy (non-hydrogen) atoms. The van der Waals surface area contributed by atoms with Crippen LogP contribution in [0.15, 0.2) is 60.7 Å². The van der Waals surface area contributed by atoms with E-state index in [1.807, 2.05) is 36.4 Å².